The van der Waals surface area contributed by atoms with Crippen LogP contribution in [0.5, 0.6) is 0 Å². The molecule has 0 saturated carbocycles. The van der Waals surface area contributed by atoms with E-state index in [9.17, 15) is 14.7 Å². The summed E-state index contributed by atoms with van der Waals surface area (Å²) in [6, 6.07) is -0.709. The van der Waals surface area contributed by atoms with Gasteiger partial charge in [0.25, 0.3) is 0 Å². The van der Waals surface area contributed by atoms with E-state index in [-0.39, 0.29) is 31.1 Å². The third-order valence-corrected chi connectivity index (χ3v) is 3.30. The Hall–Kier alpha value is -1.34. The van der Waals surface area contributed by atoms with Crippen molar-refractivity contribution >= 4 is 12.0 Å². The minimum absolute atomic E-state index is 0.0991. The van der Waals surface area contributed by atoms with Gasteiger partial charge in [-0.3, -0.25) is 4.79 Å². The fourth-order valence-electron chi connectivity index (χ4n) is 2.23. The van der Waals surface area contributed by atoms with E-state index in [0.29, 0.717) is 26.2 Å². The van der Waals surface area contributed by atoms with Crippen molar-refractivity contribution in [3.05, 3.63) is 0 Å². The molecule has 116 valence electrons. The van der Waals surface area contributed by atoms with E-state index in [0.717, 1.165) is 0 Å². The van der Waals surface area contributed by atoms with E-state index in [1.807, 2.05) is 13.8 Å². The fraction of sp³-hybridized carbons (Fsp3) is 0.846. The van der Waals surface area contributed by atoms with Crippen LogP contribution in [-0.4, -0.2) is 66.1 Å². The topological polar surface area (TPSA) is 99.1 Å². The number of aliphatic hydroxyl groups is 1. The van der Waals surface area contributed by atoms with Crippen LogP contribution in [0.4, 0.5) is 4.79 Å². The lowest BCUT2D eigenvalue weighted by Crippen LogP contribution is -2.54. The summed E-state index contributed by atoms with van der Waals surface area (Å²) in [5.41, 5.74) is 0. The number of nitrogens with one attached hydrogen (secondary N) is 1. The third kappa shape index (κ3) is 4.97. The van der Waals surface area contributed by atoms with Gasteiger partial charge in [0.1, 0.15) is 0 Å². The number of aliphatic carboxylic acids is 1. The van der Waals surface area contributed by atoms with E-state index in [1.54, 1.807) is 0 Å². The molecule has 0 aromatic heterocycles. The first-order valence-corrected chi connectivity index (χ1v) is 6.91. The van der Waals surface area contributed by atoms with Crippen molar-refractivity contribution in [2.45, 2.75) is 26.3 Å². The summed E-state index contributed by atoms with van der Waals surface area (Å²) in [5.74, 6) is -1.24. The average molecular weight is 288 g/mol. The van der Waals surface area contributed by atoms with Crippen LogP contribution >= 0.6 is 0 Å². The summed E-state index contributed by atoms with van der Waals surface area (Å²) in [6.45, 7) is 4.96. The predicted octanol–water partition coefficient (Wildman–Crippen LogP) is 0.136. The maximum atomic E-state index is 12.0. The monoisotopic (exact) mass is 288 g/mol. The highest BCUT2D eigenvalue weighted by molar-refractivity contribution is 5.76. The molecule has 1 aliphatic heterocycles. The Morgan fingerprint density at radius 1 is 1.45 bits per heavy atom. The van der Waals surface area contributed by atoms with Gasteiger partial charge in [-0.25, -0.2) is 4.79 Å². The highest BCUT2D eigenvalue weighted by atomic mass is 16.5. The largest absolute Gasteiger partial charge is 0.481 e. The first-order valence-electron chi connectivity index (χ1n) is 6.91. The average Bonchev–Trinajstić information content (AvgIpc) is 2.42. The van der Waals surface area contributed by atoms with Gasteiger partial charge in [-0.1, -0.05) is 13.8 Å². The van der Waals surface area contributed by atoms with Crippen molar-refractivity contribution in [2.75, 3.05) is 32.9 Å². The van der Waals surface area contributed by atoms with Crippen molar-refractivity contribution in [3.8, 4) is 0 Å². The molecule has 0 bridgehead atoms. The molecule has 2 unspecified atom stereocenters. The molecule has 0 aliphatic carbocycles. The number of ether oxygens (including phenoxy) is 1. The normalized spacial score (nSPS) is 20.8. The van der Waals surface area contributed by atoms with Gasteiger partial charge in [0.2, 0.25) is 0 Å². The van der Waals surface area contributed by atoms with Crippen molar-refractivity contribution < 1.29 is 24.5 Å². The molecule has 3 N–H and O–H groups in total. The van der Waals surface area contributed by atoms with Crippen LogP contribution in [0.1, 0.15) is 20.3 Å². The van der Waals surface area contributed by atoms with Crippen LogP contribution in [0.2, 0.25) is 0 Å². The SMILES string of the molecule is CC(C)CC(CNC(=O)N1CCOCC1CO)C(=O)O. The van der Waals surface area contributed by atoms with Crippen LogP contribution in [0.15, 0.2) is 0 Å². The van der Waals surface area contributed by atoms with Gasteiger partial charge in [0.15, 0.2) is 0 Å². The first-order chi connectivity index (χ1) is 9.45. The van der Waals surface area contributed by atoms with E-state index in [2.05, 4.69) is 5.32 Å². The summed E-state index contributed by atoms with van der Waals surface area (Å²) >= 11 is 0. The molecule has 0 spiro atoms. The van der Waals surface area contributed by atoms with Crippen molar-refractivity contribution in [1.29, 1.82) is 0 Å². The van der Waals surface area contributed by atoms with Gasteiger partial charge in [0, 0.05) is 13.1 Å². The number of rotatable bonds is 6. The van der Waals surface area contributed by atoms with Gasteiger partial charge in [-0.05, 0) is 12.3 Å². The molecule has 1 fully saturated rings. The number of morpholine rings is 1. The Kier molecular flexibility index (Phi) is 6.74. The second kappa shape index (κ2) is 8.06. The molecule has 1 heterocycles. The second-order valence-electron chi connectivity index (χ2n) is 5.46. The van der Waals surface area contributed by atoms with Gasteiger partial charge in [0.05, 0.1) is 31.8 Å². The van der Waals surface area contributed by atoms with Crippen molar-refractivity contribution in [1.82, 2.24) is 10.2 Å². The van der Waals surface area contributed by atoms with Crippen molar-refractivity contribution in [3.63, 3.8) is 0 Å². The molecule has 1 rings (SSSR count). The minimum atomic E-state index is -0.903. The number of hydrogen-bond donors (Lipinski definition) is 3. The highest BCUT2D eigenvalue weighted by Crippen LogP contribution is 2.12. The number of carbonyl (C=O) groups excluding carboxylic acids is 1. The Balaban J connectivity index is 2.49. The number of carbonyl (C=O) groups is 2. The number of carboxylic acid groups (broad SMARTS) is 1. The fourth-order valence-corrected chi connectivity index (χ4v) is 2.23. The molecule has 20 heavy (non-hydrogen) atoms. The van der Waals surface area contributed by atoms with Gasteiger partial charge < -0.3 is 25.2 Å². The van der Waals surface area contributed by atoms with E-state index >= 15 is 0 Å². The van der Waals surface area contributed by atoms with E-state index in [1.165, 1.54) is 4.90 Å². The number of hydrogen-bond acceptors (Lipinski definition) is 4. The molecule has 2 amide bonds. The van der Waals surface area contributed by atoms with Crippen LogP contribution in [-0.2, 0) is 9.53 Å². The second-order valence-corrected chi connectivity index (χ2v) is 5.46. The number of amides is 2. The molecule has 0 aromatic rings. The summed E-state index contributed by atoms with van der Waals surface area (Å²) in [7, 11) is 0. The quantitative estimate of drug-likeness (QED) is 0.645. The lowest BCUT2D eigenvalue weighted by Gasteiger charge is -2.34. The van der Waals surface area contributed by atoms with Crippen LogP contribution in [0, 0.1) is 11.8 Å². The van der Waals surface area contributed by atoms with Crippen LogP contribution in [0.3, 0.4) is 0 Å². The van der Waals surface area contributed by atoms with Crippen molar-refractivity contribution in [2.24, 2.45) is 11.8 Å². The number of carboxylic acids is 1. The van der Waals surface area contributed by atoms with Crippen LogP contribution < -0.4 is 5.32 Å². The number of urea groups is 1. The smallest absolute Gasteiger partial charge is 0.317 e. The van der Waals surface area contributed by atoms with Gasteiger partial charge >= 0.3 is 12.0 Å². The van der Waals surface area contributed by atoms with Gasteiger partial charge in [-0.2, -0.15) is 0 Å². The zero-order valence-corrected chi connectivity index (χ0v) is 12.0. The number of aliphatic hydroxyl groups excluding tert-OH is 1. The zero-order chi connectivity index (χ0) is 15.1. The molecule has 7 nitrogen and oxygen atoms in total. The summed E-state index contributed by atoms with van der Waals surface area (Å²) in [4.78, 5) is 24.7. The maximum Gasteiger partial charge on any atom is 0.317 e. The van der Waals surface area contributed by atoms with Crippen LogP contribution in [0.25, 0.3) is 0 Å². The Labute approximate surface area is 118 Å². The molecule has 2 atom stereocenters. The zero-order valence-electron chi connectivity index (χ0n) is 12.0. The standard InChI is InChI=1S/C13H24N2O5/c1-9(2)5-10(12(17)18)6-14-13(19)15-3-4-20-8-11(15)7-16/h9-11,16H,3-8H2,1-2H3,(H,14,19)(H,17,18). The summed E-state index contributed by atoms with van der Waals surface area (Å²) < 4.78 is 5.19. The first kappa shape index (κ1) is 16.7. The minimum Gasteiger partial charge on any atom is -0.481 e. The van der Waals surface area contributed by atoms with E-state index in [4.69, 9.17) is 9.84 Å². The summed E-state index contributed by atoms with van der Waals surface area (Å²) in [5, 5.41) is 21.0. The maximum absolute atomic E-state index is 12.0. The van der Waals surface area contributed by atoms with Gasteiger partial charge in [-0.15, -0.1) is 0 Å². The molecular weight excluding hydrogens is 264 g/mol. The molecule has 0 radical (unpaired) electrons. The molecule has 1 aliphatic rings. The molecule has 7 heteroatoms. The molecular formula is C13H24N2O5. The Bertz CT molecular complexity index is 335. The molecule has 1 saturated heterocycles. The Morgan fingerprint density at radius 3 is 2.70 bits per heavy atom. The summed E-state index contributed by atoms with van der Waals surface area (Å²) in [6.07, 6.45) is 0.516. The lowest BCUT2D eigenvalue weighted by molar-refractivity contribution is -0.142. The van der Waals surface area contributed by atoms with E-state index < -0.39 is 11.9 Å². The molecule has 0 aromatic carbocycles. The lowest BCUT2D eigenvalue weighted by atomic mass is 9.97. The Morgan fingerprint density at radius 2 is 2.15 bits per heavy atom. The predicted molar refractivity (Wildman–Crippen MR) is 72.4 cm³/mol. The highest BCUT2D eigenvalue weighted by Gasteiger charge is 2.28. The number of nitrogens with zero attached hydrogens (tertiary/aromatic N) is 1. The third-order valence-electron chi connectivity index (χ3n) is 3.30.